The molecule has 0 spiro atoms. The lowest BCUT2D eigenvalue weighted by molar-refractivity contribution is -0.154. The third-order valence-electron chi connectivity index (χ3n) is 2.99. The smallest absolute Gasteiger partial charge is 0.422 e. The molecule has 2 N–H and O–H groups in total. The minimum absolute atomic E-state index is 0.158. The molecule has 1 rings (SSSR count). The predicted molar refractivity (Wildman–Crippen MR) is 80.6 cm³/mol. The highest BCUT2D eigenvalue weighted by Gasteiger charge is 2.28. The van der Waals surface area contributed by atoms with E-state index in [9.17, 15) is 18.0 Å². The number of hydrogen-bond acceptors (Lipinski definition) is 4. The molecule has 0 unspecified atom stereocenters. The summed E-state index contributed by atoms with van der Waals surface area (Å²) in [5, 5.41) is 5.23. The largest absolute Gasteiger partial charge is 0.468 e. The van der Waals surface area contributed by atoms with Crippen LogP contribution in [0, 0.1) is 0 Å². The number of aromatic nitrogens is 1. The van der Waals surface area contributed by atoms with E-state index in [2.05, 4.69) is 25.3 Å². The molecule has 0 aliphatic carbocycles. The van der Waals surface area contributed by atoms with Crippen molar-refractivity contribution in [3.8, 4) is 5.88 Å². The Labute approximate surface area is 133 Å². The molecule has 0 fully saturated rings. The van der Waals surface area contributed by atoms with Crippen molar-refractivity contribution in [2.24, 2.45) is 0 Å². The topological polar surface area (TPSA) is 66.5 Å². The molecular formula is C14H21F3N4O2. The van der Waals surface area contributed by atoms with Crippen LogP contribution in [0.3, 0.4) is 0 Å². The van der Waals surface area contributed by atoms with Crippen molar-refractivity contribution in [1.82, 2.24) is 15.2 Å². The maximum absolute atomic E-state index is 12.0. The molecule has 0 aromatic carbocycles. The zero-order valence-corrected chi connectivity index (χ0v) is 13.1. The molecule has 0 saturated heterocycles. The second-order valence-electron chi connectivity index (χ2n) is 4.70. The molecule has 23 heavy (non-hydrogen) atoms. The van der Waals surface area contributed by atoms with Crippen molar-refractivity contribution in [1.29, 1.82) is 0 Å². The van der Waals surface area contributed by atoms with Gasteiger partial charge in [-0.15, -0.1) is 0 Å². The third kappa shape index (κ3) is 8.24. The number of likely N-dealkylation sites (N-methyl/N-ethyl adjacent to an activating group) is 1. The van der Waals surface area contributed by atoms with Crippen LogP contribution in [0.1, 0.15) is 13.8 Å². The fourth-order valence-electron chi connectivity index (χ4n) is 1.74. The summed E-state index contributed by atoms with van der Waals surface area (Å²) in [5.41, 5.74) is 0.365. The van der Waals surface area contributed by atoms with E-state index in [1.54, 1.807) is 0 Å². The first-order valence-electron chi connectivity index (χ1n) is 7.27. The van der Waals surface area contributed by atoms with E-state index in [1.165, 1.54) is 18.3 Å². The van der Waals surface area contributed by atoms with Gasteiger partial charge in [0.15, 0.2) is 6.61 Å². The number of pyridine rings is 1. The number of nitrogens with one attached hydrogen (secondary N) is 2. The van der Waals surface area contributed by atoms with Crippen LogP contribution in [0.15, 0.2) is 18.3 Å². The van der Waals surface area contributed by atoms with Gasteiger partial charge < -0.3 is 20.3 Å². The second kappa shape index (κ2) is 9.19. The molecule has 0 atom stereocenters. The number of nitrogens with zero attached hydrogens (tertiary/aromatic N) is 2. The average Bonchev–Trinajstić information content (AvgIpc) is 2.50. The Morgan fingerprint density at radius 1 is 1.30 bits per heavy atom. The molecule has 0 bridgehead atoms. The number of carbonyl (C=O) groups excluding carboxylic acids is 1. The van der Waals surface area contributed by atoms with Gasteiger partial charge in [0.1, 0.15) is 0 Å². The van der Waals surface area contributed by atoms with Crippen LogP contribution in [0.2, 0.25) is 0 Å². The summed E-state index contributed by atoms with van der Waals surface area (Å²) in [5.74, 6) is -0.158. The Morgan fingerprint density at radius 2 is 2.00 bits per heavy atom. The maximum Gasteiger partial charge on any atom is 0.422 e. The van der Waals surface area contributed by atoms with Gasteiger partial charge in [0.05, 0.1) is 11.9 Å². The minimum Gasteiger partial charge on any atom is -0.468 e. The Kier molecular flexibility index (Phi) is 7.60. The quantitative estimate of drug-likeness (QED) is 0.766. The molecular weight excluding hydrogens is 313 g/mol. The van der Waals surface area contributed by atoms with E-state index < -0.39 is 18.8 Å². The number of rotatable bonds is 8. The van der Waals surface area contributed by atoms with Crippen LogP contribution in [0.4, 0.5) is 23.7 Å². The standard InChI is InChI=1S/C14H21F3N4O2/c1-3-21(4-2)8-7-18-13(22)20-11-5-6-12(19-9-11)23-10-14(15,16)17/h5-6,9H,3-4,7-8,10H2,1-2H3,(H2,18,20,22). The predicted octanol–water partition coefficient (Wildman–Crippen LogP) is 2.49. The van der Waals surface area contributed by atoms with Gasteiger partial charge in [0.25, 0.3) is 0 Å². The molecule has 2 amide bonds. The molecule has 9 heteroatoms. The molecule has 1 aromatic heterocycles. The van der Waals surface area contributed by atoms with E-state index in [0.29, 0.717) is 12.2 Å². The summed E-state index contributed by atoms with van der Waals surface area (Å²) in [6.45, 7) is 5.72. The monoisotopic (exact) mass is 334 g/mol. The van der Waals surface area contributed by atoms with Crippen molar-refractivity contribution in [2.45, 2.75) is 20.0 Å². The molecule has 6 nitrogen and oxygen atoms in total. The van der Waals surface area contributed by atoms with Crippen molar-refractivity contribution in [2.75, 3.05) is 38.1 Å². The Bertz CT molecular complexity index is 476. The molecule has 0 aliphatic rings. The lowest BCUT2D eigenvalue weighted by Gasteiger charge is -2.18. The third-order valence-corrected chi connectivity index (χ3v) is 2.99. The zero-order valence-electron chi connectivity index (χ0n) is 13.1. The average molecular weight is 334 g/mol. The highest BCUT2D eigenvalue weighted by Crippen LogP contribution is 2.17. The van der Waals surface area contributed by atoms with Gasteiger partial charge in [-0.05, 0) is 19.2 Å². The lowest BCUT2D eigenvalue weighted by atomic mass is 10.4. The fourth-order valence-corrected chi connectivity index (χ4v) is 1.74. The summed E-state index contributed by atoms with van der Waals surface area (Å²) < 4.78 is 40.5. The van der Waals surface area contributed by atoms with Crippen LogP contribution in [-0.2, 0) is 0 Å². The van der Waals surface area contributed by atoms with Crippen LogP contribution in [-0.4, -0.2) is 54.9 Å². The Hall–Kier alpha value is -2.03. The van der Waals surface area contributed by atoms with Crippen molar-refractivity contribution < 1.29 is 22.7 Å². The second-order valence-corrected chi connectivity index (χ2v) is 4.70. The van der Waals surface area contributed by atoms with E-state index >= 15 is 0 Å². The highest BCUT2D eigenvalue weighted by molar-refractivity contribution is 5.88. The van der Waals surface area contributed by atoms with Gasteiger partial charge in [-0.2, -0.15) is 13.2 Å². The van der Waals surface area contributed by atoms with Gasteiger partial charge >= 0.3 is 12.2 Å². The first kappa shape index (κ1) is 19.0. The Morgan fingerprint density at radius 3 is 2.52 bits per heavy atom. The minimum atomic E-state index is -4.41. The van der Waals surface area contributed by atoms with Gasteiger partial charge in [-0.1, -0.05) is 13.8 Å². The van der Waals surface area contributed by atoms with Crippen LogP contribution in [0.25, 0.3) is 0 Å². The van der Waals surface area contributed by atoms with Gasteiger partial charge in [0.2, 0.25) is 5.88 Å². The van der Waals surface area contributed by atoms with Crippen molar-refractivity contribution >= 4 is 11.7 Å². The molecule has 0 saturated carbocycles. The summed E-state index contributed by atoms with van der Waals surface area (Å²) in [6, 6.07) is 2.28. The number of anilines is 1. The van der Waals surface area contributed by atoms with E-state index in [4.69, 9.17) is 0 Å². The number of halogens is 3. The van der Waals surface area contributed by atoms with E-state index in [-0.39, 0.29) is 5.88 Å². The summed E-state index contributed by atoms with van der Waals surface area (Å²) in [4.78, 5) is 17.5. The molecule has 0 radical (unpaired) electrons. The number of hydrogen-bond donors (Lipinski definition) is 2. The number of ether oxygens (including phenoxy) is 1. The summed E-state index contributed by atoms with van der Waals surface area (Å²) in [7, 11) is 0. The van der Waals surface area contributed by atoms with Crippen molar-refractivity contribution in [3.05, 3.63) is 18.3 Å². The van der Waals surface area contributed by atoms with Crippen LogP contribution < -0.4 is 15.4 Å². The first-order valence-corrected chi connectivity index (χ1v) is 7.27. The van der Waals surface area contributed by atoms with Gasteiger partial charge in [0, 0.05) is 19.2 Å². The SMILES string of the molecule is CCN(CC)CCNC(=O)Nc1ccc(OCC(F)(F)F)nc1. The molecule has 0 aliphatic heterocycles. The number of amides is 2. The highest BCUT2D eigenvalue weighted by atomic mass is 19.4. The lowest BCUT2D eigenvalue weighted by Crippen LogP contribution is -2.36. The normalized spacial score (nSPS) is 11.4. The molecule has 130 valence electrons. The molecule has 1 aromatic rings. The first-order chi connectivity index (χ1) is 10.8. The van der Waals surface area contributed by atoms with Gasteiger partial charge in [-0.25, -0.2) is 9.78 Å². The van der Waals surface area contributed by atoms with Gasteiger partial charge in [-0.3, -0.25) is 0 Å². The van der Waals surface area contributed by atoms with E-state index in [0.717, 1.165) is 19.6 Å². The maximum atomic E-state index is 12.0. The number of alkyl halides is 3. The zero-order chi connectivity index (χ0) is 17.3. The number of urea groups is 1. The fraction of sp³-hybridized carbons (Fsp3) is 0.571. The summed E-state index contributed by atoms with van der Waals surface area (Å²) >= 11 is 0. The molecule has 1 heterocycles. The van der Waals surface area contributed by atoms with Crippen LogP contribution in [0.5, 0.6) is 5.88 Å². The summed E-state index contributed by atoms with van der Waals surface area (Å²) in [6.07, 6.45) is -3.18. The Balaban J connectivity index is 2.35. The van der Waals surface area contributed by atoms with Crippen molar-refractivity contribution in [3.63, 3.8) is 0 Å². The van der Waals surface area contributed by atoms with Crippen LogP contribution >= 0.6 is 0 Å². The number of carbonyl (C=O) groups is 1. The van der Waals surface area contributed by atoms with E-state index in [1.807, 2.05) is 13.8 Å².